The van der Waals surface area contributed by atoms with Crippen LogP contribution in [0.25, 0.3) is 21.5 Å². The van der Waals surface area contributed by atoms with Crippen LogP contribution < -0.4 is 0 Å². The summed E-state index contributed by atoms with van der Waals surface area (Å²) in [5, 5.41) is 5.39. The van der Waals surface area contributed by atoms with Gasteiger partial charge in [-0.3, -0.25) is 6.08 Å². The fourth-order valence-corrected chi connectivity index (χ4v) is 2.24. The van der Waals surface area contributed by atoms with Gasteiger partial charge in [0.2, 0.25) is 0 Å². The number of benzene rings is 2. The SMILES string of the molecule is Cl.Cl.[C-]1=CC=CC1.[CH3-].[Si]=[Ti][Cl].c1ccc2c(c1)[cH-]c1ccccc12. The van der Waals surface area contributed by atoms with E-state index in [1.807, 2.05) is 12.2 Å². The molecule has 24 heavy (non-hydrogen) atoms. The number of hydrogen-bond donors (Lipinski definition) is 0. The topological polar surface area (TPSA) is 0 Å². The van der Waals surface area contributed by atoms with E-state index in [9.17, 15) is 0 Å². The Balaban J connectivity index is 0. The third kappa shape index (κ3) is 7.65. The van der Waals surface area contributed by atoms with Crippen molar-refractivity contribution in [1.82, 2.24) is 0 Å². The normalized spacial score (nSPS) is 10.0. The van der Waals surface area contributed by atoms with Crippen molar-refractivity contribution in [2.45, 2.75) is 6.42 Å². The zero-order valence-electron chi connectivity index (χ0n) is 13.3. The molecule has 1 aliphatic carbocycles. The van der Waals surface area contributed by atoms with Gasteiger partial charge in [0.1, 0.15) is 0 Å². The van der Waals surface area contributed by atoms with Gasteiger partial charge in [0.05, 0.1) is 0 Å². The van der Waals surface area contributed by atoms with Crippen LogP contribution in [0.3, 0.4) is 0 Å². The Morgan fingerprint density at radius 3 is 1.75 bits per heavy atom. The molecule has 127 valence electrons. The van der Waals surface area contributed by atoms with Crippen molar-refractivity contribution in [3.05, 3.63) is 86.3 Å². The average molecular weight is 430 g/mol. The molecule has 0 nitrogen and oxygen atoms in total. The quantitative estimate of drug-likeness (QED) is 0.278. The van der Waals surface area contributed by atoms with E-state index in [0.717, 1.165) is 6.42 Å². The van der Waals surface area contributed by atoms with E-state index < -0.39 is 0 Å². The van der Waals surface area contributed by atoms with Crippen LogP contribution in [-0.4, -0.2) is 7.63 Å². The molecule has 0 amide bonds. The van der Waals surface area contributed by atoms with Gasteiger partial charge < -0.3 is 7.43 Å². The molecule has 5 heteroatoms. The predicted molar refractivity (Wildman–Crippen MR) is 111 cm³/mol. The van der Waals surface area contributed by atoms with Gasteiger partial charge in [0.15, 0.2) is 0 Å². The standard InChI is InChI=1S/C13H9.C5H5.CH3.3ClH.Si.Ti/c1-3-7-12-10(5-1)9-11-6-2-4-8-13(11)12;1-2-4-5-3-1;;;;;;/h1-9H;1-3H,4H2;1H3;3*1H;;/q3*-1;;;;;+1/p-1. The van der Waals surface area contributed by atoms with Crippen LogP contribution in [0.1, 0.15) is 6.42 Å². The molecule has 3 aromatic rings. The molecule has 0 aromatic heterocycles. The van der Waals surface area contributed by atoms with Crippen molar-refractivity contribution in [3.63, 3.8) is 0 Å². The number of allylic oxidation sites excluding steroid dienone is 4. The third-order valence-electron chi connectivity index (χ3n) is 3.11. The number of halogens is 3. The summed E-state index contributed by atoms with van der Waals surface area (Å²) >= 11 is -0.222. The number of hydrogen-bond acceptors (Lipinski definition) is 0. The number of rotatable bonds is 0. The second-order valence-corrected chi connectivity index (χ2v) is 7.83. The molecule has 0 aliphatic heterocycles. The molecule has 0 fully saturated rings. The summed E-state index contributed by atoms with van der Waals surface area (Å²) in [4.78, 5) is 0. The van der Waals surface area contributed by atoms with Gasteiger partial charge in [-0.15, -0.1) is 71.0 Å². The molecule has 0 atom stereocenters. The molecule has 4 rings (SSSR count). The van der Waals surface area contributed by atoms with Crippen molar-refractivity contribution < 1.29 is 16.8 Å². The molecule has 0 heterocycles. The third-order valence-corrected chi connectivity index (χ3v) is 3.11. The minimum Gasteiger partial charge on any atom is -0.126 e. The molecule has 0 bridgehead atoms. The van der Waals surface area contributed by atoms with Crippen molar-refractivity contribution in [2.75, 3.05) is 0 Å². The minimum absolute atomic E-state index is 0. The molecule has 3 aromatic carbocycles. The van der Waals surface area contributed by atoms with Crippen LogP contribution >= 0.6 is 34.1 Å². The van der Waals surface area contributed by atoms with Crippen LogP contribution in [0.15, 0.2) is 72.8 Å². The second-order valence-electron chi connectivity index (χ2n) is 4.42. The van der Waals surface area contributed by atoms with Crippen molar-refractivity contribution >= 4 is 63.3 Å². The monoisotopic (exact) mass is 428 g/mol. The molecule has 0 saturated carbocycles. The first-order chi connectivity index (χ1) is 10.4. The zero-order chi connectivity index (χ0) is 14.9. The Hall–Kier alpha value is -0.409. The summed E-state index contributed by atoms with van der Waals surface area (Å²) < 4.78 is 0. The van der Waals surface area contributed by atoms with E-state index >= 15 is 0 Å². The van der Waals surface area contributed by atoms with Crippen molar-refractivity contribution in [2.24, 2.45) is 0 Å². The van der Waals surface area contributed by atoms with E-state index in [1.165, 1.54) is 21.5 Å². The Labute approximate surface area is 172 Å². The summed E-state index contributed by atoms with van der Waals surface area (Å²) in [6, 6.07) is 19.3. The Morgan fingerprint density at radius 2 is 1.42 bits per heavy atom. The summed E-state index contributed by atoms with van der Waals surface area (Å²) in [5.74, 6) is 0. The average Bonchev–Trinajstić information content (AvgIpc) is 3.19. The summed E-state index contributed by atoms with van der Waals surface area (Å²) in [7, 11) is 8.11. The van der Waals surface area contributed by atoms with Gasteiger partial charge in [-0.05, 0) is 0 Å². The van der Waals surface area contributed by atoms with Crippen LogP contribution in [0.4, 0.5) is 0 Å². The van der Waals surface area contributed by atoms with E-state index in [1.54, 1.807) is 0 Å². The van der Waals surface area contributed by atoms with E-state index in [2.05, 4.69) is 74.4 Å². The van der Waals surface area contributed by atoms with E-state index in [0.29, 0.717) is 0 Å². The zero-order valence-corrected chi connectivity index (χ0v) is 18.3. The van der Waals surface area contributed by atoms with Crippen molar-refractivity contribution in [1.29, 1.82) is 0 Å². The maximum atomic E-state index is 5.04. The fraction of sp³-hybridized carbons (Fsp3) is 0.0526. The van der Waals surface area contributed by atoms with Gasteiger partial charge in [-0.1, -0.05) is 36.4 Å². The van der Waals surface area contributed by atoms with Crippen LogP contribution in [-0.2, 0) is 16.8 Å². The molecule has 0 N–H and O–H groups in total. The van der Waals surface area contributed by atoms with E-state index in [4.69, 9.17) is 9.30 Å². The molecule has 2 radical (unpaired) electrons. The first-order valence-electron chi connectivity index (χ1n) is 6.64. The maximum absolute atomic E-state index is 5.04. The van der Waals surface area contributed by atoms with Gasteiger partial charge in [-0.25, -0.2) is 12.2 Å². The fourth-order valence-electron chi connectivity index (χ4n) is 2.24. The Kier molecular flexibility index (Phi) is 16.0. The summed E-state index contributed by atoms with van der Waals surface area (Å²) in [6.07, 6.45) is 10.0. The summed E-state index contributed by atoms with van der Waals surface area (Å²) in [5.41, 5.74) is 0. The van der Waals surface area contributed by atoms with Gasteiger partial charge in [-0.2, -0.15) is 6.08 Å². The minimum atomic E-state index is -0.222. The summed E-state index contributed by atoms with van der Waals surface area (Å²) in [6.45, 7) is 0. The Bertz CT molecular complexity index is 718. The van der Waals surface area contributed by atoms with Gasteiger partial charge in [0.25, 0.3) is 0 Å². The maximum Gasteiger partial charge on any atom is -0.0771 e. The molecule has 1 aliphatic rings. The first kappa shape index (κ1) is 25.8. The van der Waals surface area contributed by atoms with Crippen LogP contribution in [0.5, 0.6) is 0 Å². The van der Waals surface area contributed by atoms with Crippen molar-refractivity contribution in [3.8, 4) is 0 Å². The van der Waals surface area contributed by atoms with Gasteiger partial charge in [0, 0.05) is 0 Å². The van der Waals surface area contributed by atoms with Crippen LogP contribution in [0.2, 0.25) is 0 Å². The molecular weight excluding hydrogens is 411 g/mol. The molecule has 0 saturated heterocycles. The molecule has 0 spiro atoms. The molecule has 0 unspecified atom stereocenters. The van der Waals surface area contributed by atoms with E-state index in [-0.39, 0.29) is 49.1 Å². The van der Waals surface area contributed by atoms with Gasteiger partial charge >= 0.3 is 33.8 Å². The first-order valence-corrected chi connectivity index (χ1v) is 11.6. The smallest absolute Gasteiger partial charge is 0.0771 e. The Morgan fingerprint density at radius 1 is 0.958 bits per heavy atom. The predicted octanol–water partition coefficient (Wildman–Crippen LogP) is 6.62. The second kappa shape index (κ2) is 14.9. The van der Waals surface area contributed by atoms with Crippen LogP contribution in [0, 0.1) is 13.5 Å². The largest absolute Gasteiger partial charge is 0.126 e. The molecular formula is C19H19Cl3SiTi-3. The number of fused-ring (bicyclic) bond motifs is 3.